The maximum atomic E-state index is 11.9. The smallest absolute Gasteiger partial charge is 0.199 e. The molecule has 5 heteroatoms. The maximum Gasteiger partial charge on any atom is 0.199 e. The normalized spacial score (nSPS) is 11.7. The van der Waals surface area contributed by atoms with Crippen molar-refractivity contribution >= 4 is 22.5 Å². The van der Waals surface area contributed by atoms with E-state index < -0.39 is 9.84 Å². The molecule has 0 spiro atoms. The Balaban J connectivity index is 2.17. The molecule has 0 saturated heterocycles. The van der Waals surface area contributed by atoms with Crippen LogP contribution in [0.4, 0.5) is 0 Å². The zero-order chi connectivity index (χ0) is 14.4. The van der Waals surface area contributed by atoms with Crippen molar-refractivity contribution in [3.05, 3.63) is 66.1 Å². The topological polar surface area (TPSA) is 43.4 Å². The molecule has 0 unspecified atom stereocenters. The Labute approximate surface area is 124 Å². The number of hydrogen-bond donors (Lipinski definition) is 1. The molecule has 2 rings (SSSR count). The molecule has 0 aromatic heterocycles. The van der Waals surface area contributed by atoms with Gasteiger partial charge in [-0.3, -0.25) is 0 Å². The van der Waals surface area contributed by atoms with E-state index in [4.69, 9.17) is 4.74 Å². The van der Waals surface area contributed by atoms with Crippen LogP contribution >= 0.6 is 12.6 Å². The average Bonchev–Trinajstić information content (AvgIpc) is 2.47. The van der Waals surface area contributed by atoms with Gasteiger partial charge in [-0.2, -0.15) is 12.6 Å². The van der Waals surface area contributed by atoms with Crippen LogP contribution in [-0.2, 0) is 9.84 Å². The quantitative estimate of drug-likeness (QED) is 0.857. The lowest BCUT2D eigenvalue weighted by Crippen LogP contribution is -1.96. The summed E-state index contributed by atoms with van der Waals surface area (Å²) in [6.45, 7) is 0. The second-order valence-corrected chi connectivity index (χ2v) is 6.18. The summed E-state index contributed by atoms with van der Waals surface area (Å²) in [4.78, 5) is 0.232. The van der Waals surface area contributed by atoms with Gasteiger partial charge in [0.05, 0.1) is 4.90 Å². The molecule has 2 aromatic rings. The minimum Gasteiger partial charge on any atom is -0.457 e. The van der Waals surface area contributed by atoms with Crippen LogP contribution in [0.25, 0.3) is 0 Å². The van der Waals surface area contributed by atoms with E-state index in [9.17, 15) is 8.42 Å². The first kappa shape index (κ1) is 14.7. The van der Waals surface area contributed by atoms with E-state index in [1.54, 1.807) is 12.1 Å². The Kier molecular flexibility index (Phi) is 4.87. The van der Waals surface area contributed by atoms with Gasteiger partial charge in [-0.15, -0.1) is 0 Å². The van der Waals surface area contributed by atoms with Crippen LogP contribution in [0.2, 0.25) is 0 Å². The van der Waals surface area contributed by atoms with Crippen LogP contribution < -0.4 is 4.74 Å². The SMILES string of the molecule is O=S(=O)(/C=C/CS)c1ccc(Oc2ccccc2)cc1. The summed E-state index contributed by atoms with van der Waals surface area (Å²) < 4.78 is 29.4. The van der Waals surface area contributed by atoms with Crippen LogP contribution in [0.15, 0.2) is 71.0 Å². The number of thiol groups is 1. The molecule has 20 heavy (non-hydrogen) atoms. The summed E-state index contributed by atoms with van der Waals surface area (Å²) in [6.07, 6.45) is 1.49. The summed E-state index contributed by atoms with van der Waals surface area (Å²) in [6, 6.07) is 15.6. The zero-order valence-corrected chi connectivity index (χ0v) is 12.3. The molecule has 0 saturated carbocycles. The van der Waals surface area contributed by atoms with Crippen LogP contribution in [0.3, 0.4) is 0 Å². The van der Waals surface area contributed by atoms with Crippen LogP contribution in [-0.4, -0.2) is 14.2 Å². The molecule has 0 radical (unpaired) electrons. The number of benzene rings is 2. The summed E-state index contributed by atoms with van der Waals surface area (Å²) in [5, 5.41) is 1.16. The van der Waals surface area contributed by atoms with E-state index in [1.165, 1.54) is 18.2 Å². The average molecular weight is 306 g/mol. The number of hydrogen-bond acceptors (Lipinski definition) is 4. The first-order valence-electron chi connectivity index (χ1n) is 5.97. The minimum atomic E-state index is -3.40. The van der Waals surface area contributed by atoms with E-state index in [0.717, 1.165) is 5.41 Å². The Morgan fingerprint density at radius 3 is 2.15 bits per heavy atom. The molecule has 0 bridgehead atoms. The van der Waals surface area contributed by atoms with Crippen molar-refractivity contribution in [2.24, 2.45) is 0 Å². The highest BCUT2D eigenvalue weighted by atomic mass is 32.2. The maximum absolute atomic E-state index is 11.9. The first-order valence-corrected chi connectivity index (χ1v) is 8.15. The number of ether oxygens (including phenoxy) is 1. The van der Waals surface area contributed by atoms with Crippen LogP contribution in [0.5, 0.6) is 11.5 Å². The van der Waals surface area contributed by atoms with Gasteiger partial charge in [0.25, 0.3) is 0 Å². The van der Waals surface area contributed by atoms with Crippen LogP contribution in [0, 0.1) is 0 Å². The number of rotatable bonds is 5. The van der Waals surface area contributed by atoms with Crippen molar-refractivity contribution in [3.63, 3.8) is 0 Å². The molecule has 0 aliphatic rings. The van der Waals surface area contributed by atoms with E-state index >= 15 is 0 Å². The van der Waals surface area contributed by atoms with Crippen molar-refractivity contribution < 1.29 is 13.2 Å². The summed E-state index contributed by atoms with van der Waals surface area (Å²) in [5.74, 6) is 1.68. The standard InChI is InChI=1S/C15H14O3S2/c16-20(17,12-4-11-19)15-9-7-14(8-10-15)18-13-5-2-1-3-6-13/h1-10,12,19H,11H2/b12-4+. The Morgan fingerprint density at radius 1 is 0.950 bits per heavy atom. The van der Waals surface area contributed by atoms with Gasteiger partial charge in [-0.25, -0.2) is 8.42 Å². The second kappa shape index (κ2) is 6.63. The number of para-hydroxylation sites is 1. The molecule has 0 aliphatic carbocycles. The molecule has 0 fully saturated rings. The molecule has 104 valence electrons. The molecule has 0 heterocycles. The lowest BCUT2D eigenvalue weighted by atomic mass is 10.3. The zero-order valence-electron chi connectivity index (χ0n) is 10.6. The minimum absolute atomic E-state index is 0.232. The molecule has 0 amide bonds. The molecular formula is C15H14O3S2. The fourth-order valence-corrected chi connectivity index (χ4v) is 2.84. The highest BCUT2D eigenvalue weighted by molar-refractivity contribution is 7.94. The van der Waals surface area contributed by atoms with E-state index in [0.29, 0.717) is 17.3 Å². The van der Waals surface area contributed by atoms with Crippen molar-refractivity contribution in [2.45, 2.75) is 4.90 Å². The number of sulfone groups is 1. The van der Waals surface area contributed by atoms with Crippen molar-refractivity contribution in [2.75, 3.05) is 5.75 Å². The molecular weight excluding hydrogens is 292 g/mol. The van der Waals surface area contributed by atoms with Gasteiger partial charge in [0.2, 0.25) is 0 Å². The van der Waals surface area contributed by atoms with Crippen molar-refractivity contribution in [1.29, 1.82) is 0 Å². The Hall–Kier alpha value is -1.72. The summed E-state index contributed by atoms with van der Waals surface area (Å²) in [7, 11) is -3.40. The predicted octanol–water partition coefficient (Wildman–Crippen LogP) is 3.70. The van der Waals surface area contributed by atoms with Gasteiger partial charge in [0, 0.05) is 11.2 Å². The largest absolute Gasteiger partial charge is 0.457 e. The Bertz CT molecular complexity index is 675. The monoisotopic (exact) mass is 306 g/mol. The van der Waals surface area contributed by atoms with Crippen molar-refractivity contribution in [3.8, 4) is 11.5 Å². The van der Waals surface area contributed by atoms with Gasteiger partial charge in [0.1, 0.15) is 11.5 Å². The molecule has 0 aliphatic heterocycles. The molecule has 2 aromatic carbocycles. The van der Waals surface area contributed by atoms with Crippen molar-refractivity contribution in [1.82, 2.24) is 0 Å². The van der Waals surface area contributed by atoms with E-state index in [-0.39, 0.29) is 4.90 Å². The fourth-order valence-electron chi connectivity index (χ4n) is 1.57. The van der Waals surface area contributed by atoms with E-state index in [2.05, 4.69) is 12.6 Å². The van der Waals surface area contributed by atoms with Crippen LogP contribution in [0.1, 0.15) is 0 Å². The van der Waals surface area contributed by atoms with Gasteiger partial charge in [-0.1, -0.05) is 24.3 Å². The highest BCUT2D eigenvalue weighted by Gasteiger charge is 2.09. The third kappa shape index (κ3) is 3.88. The molecule has 0 N–H and O–H groups in total. The predicted molar refractivity (Wildman–Crippen MR) is 83.1 cm³/mol. The fraction of sp³-hybridized carbons (Fsp3) is 0.0667. The summed E-state index contributed by atoms with van der Waals surface area (Å²) >= 11 is 3.95. The lowest BCUT2D eigenvalue weighted by Gasteiger charge is -2.06. The highest BCUT2D eigenvalue weighted by Crippen LogP contribution is 2.23. The van der Waals surface area contributed by atoms with Gasteiger partial charge >= 0.3 is 0 Å². The molecule has 0 atom stereocenters. The van der Waals surface area contributed by atoms with E-state index in [1.807, 2.05) is 30.3 Å². The van der Waals surface area contributed by atoms with Gasteiger partial charge in [0.15, 0.2) is 9.84 Å². The second-order valence-electron chi connectivity index (χ2n) is 3.99. The van der Waals surface area contributed by atoms with Gasteiger partial charge in [-0.05, 0) is 36.4 Å². The first-order chi connectivity index (χ1) is 9.62. The third-order valence-corrected chi connectivity index (χ3v) is 4.20. The summed E-state index contributed by atoms with van der Waals surface area (Å²) in [5.41, 5.74) is 0. The molecule has 3 nitrogen and oxygen atoms in total. The Morgan fingerprint density at radius 2 is 1.55 bits per heavy atom. The lowest BCUT2D eigenvalue weighted by molar-refractivity contribution is 0.482. The third-order valence-electron chi connectivity index (χ3n) is 2.51. The van der Waals surface area contributed by atoms with Gasteiger partial charge < -0.3 is 4.74 Å².